The van der Waals surface area contributed by atoms with Crippen molar-refractivity contribution in [3.05, 3.63) is 23.8 Å². The Morgan fingerprint density at radius 2 is 1.82 bits per heavy atom. The summed E-state index contributed by atoms with van der Waals surface area (Å²) < 4.78 is 47.4. The summed E-state index contributed by atoms with van der Waals surface area (Å²) in [6.07, 6.45) is -4.65. The number of hydrogen-bond acceptors (Lipinski definition) is 3. The molecule has 0 spiro atoms. The third-order valence-electron chi connectivity index (χ3n) is 2.48. The molecule has 0 bridgehead atoms. The van der Waals surface area contributed by atoms with Crippen LogP contribution >= 0.6 is 0 Å². The number of nitrogens with two attached hydrogens (primary N) is 1. The average Bonchev–Trinajstić information content (AvgIpc) is 2.27. The predicted octanol–water partition coefficient (Wildman–Crippen LogP) is 1.89. The van der Waals surface area contributed by atoms with Crippen molar-refractivity contribution in [2.45, 2.75) is 18.6 Å². The van der Waals surface area contributed by atoms with E-state index in [-0.39, 0.29) is 6.42 Å². The highest BCUT2D eigenvalue weighted by Crippen LogP contribution is 2.32. The Morgan fingerprint density at radius 3 is 2.47 bits per heavy atom. The zero-order valence-electron chi connectivity index (χ0n) is 8.96. The van der Waals surface area contributed by atoms with Gasteiger partial charge >= 0.3 is 6.18 Å². The molecule has 0 amide bonds. The second-order valence-corrected chi connectivity index (χ2v) is 3.83. The van der Waals surface area contributed by atoms with E-state index in [1.165, 1.54) is 0 Å². The second kappa shape index (κ2) is 4.44. The Morgan fingerprint density at radius 1 is 1.18 bits per heavy atom. The first kappa shape index (κ1) is 12.0. The van der Waals surface area contributed by atoms with Crippen molar-refractivity contribution in [2.24, 2.45) is 5.73 Å². The maximum atomic E-state index is 12.3. The molecule has 1 aliphatic heterocycles. The van der Waals surface area contributed by atoms with Crippen LogP contribution in [0.15, 0.2) is 18.2 Å². The molecule has 2 rings (SSSR count). The van der Waals surface area contributed by atoms with Gasteiger partial charge < -0.3 is 15.2 Å². The average molecular weight is 247 g/mol. The van der Waals surface area contributed by atoms with Gasteiger partial charge in [-0.1, -0.05) is 6.07 Å². The number of fused-ring (bicyclic) bond motifs is 1. The normalized spacial score (nSPS) is 16.7. The van der Waals surface area contributed by atoms with E-state index in [2.05, 4.69) is 0 Å². The fraction of sp³-hybridized carbons (Fsp3) is 0.455. The van der Waals surface area contributed by atoms with Crippen molar-refractivity contribution in [2.75, 3.05) is 13.2 Å². The zero-order valence-corrected chi connectivity index (χ0v) is 8.96. The third kappa shape index (κ3) is 2.82. The molecular weight excluding hydrogens is 235 g/mol. The summed E-state index contributed by atoms with van der Waals surface area (Å²) in [6.45, 7) is 0.857. The summed E-state index contributed by atoms with van der Waals surface area (Å²) in [7, 11) is 0. The van der Waals surface area contributed by atoms with Crippen molar-refractivity contribution in [3.8, 4) is 11.5 Å². The number of rotatable bonds is 2. The lowest BCUT2D eigenvalue weighted by Crippen LogP contribution is -2.39. The van der Waals surface area contributed by atoms with Crippen LogP contribution in [-0.4, -0.2) is 25.4 Å². The van der Waals surface area contributed by atoms with Gasteiger partial charge in [0.05, 0.1) is 0 Å². The lowest BCUT2D eigenvalue weighted by Gasteiger charge is -2.20. The van der Waals surface area contributed by atoms with E-state index in [4.69, 9.17) is 15.2 Å². The molecule has 1 heterocycles. The molecule has 2 N–H and O–H groups in total. The van der Waals surface area contributed by atoms with Gasteiger partial charge in [0.25, 0.3) is 0 Å². The van der Waals surface area contributed by atoms with Gasteiger partial charge in [-0.05, 0) is 24.1 Å². The lowest BCUT2D eigenvalue weighted by atomic mass is 10.1. The summed E-state index contributed by atoms with van der Waals surface area (Å²) in [6, 6.07) is 2.86. The van der Waals surface area contributed by atoms with Gasteiger partial charge in [0.1, 0.15) is 19.3 Å². The van der Waals surface area contributed by atoms with E-state index in [9.17, 15) is 13.2 Å². The van der Waals surface area contributed by atoms with Crippen LogP contribution < -0.4 is 15.2 Å². The molecule has 0 radical (unpaired) electrons. The molecule has 1 aliphatic rings. The van der Waals surface area contributed by atoms with Gasteiger partial charge in [-0.3, -0.25) is 0 Å². The molecule has 0 aliphatic carbocycles. The number of hydrogen-bond donors (Lipinski definition) is 1. The lowest BCUT2D eigenvalue weighted by molar-refractivity contribution is -0.147. The van der Waals surface area contributed by atoms with E-state index < -0.39 is 12.2 Å². The van der Waals surface area contributed by atoms with E-state index in [1.807, 2.05) is 0 Å². The van der Waals surface area contributed by atoms with Crippen LogP contribution in [0.5, 0.6) is 11.5 Å². The Bertz CT molecular complexity index is 406. The molecule has 1 aromatic rings. The molecule has 0 saturated heterocycles. The monoisotopic (exact) mass is 247 g/mol. The van der Waals surface area contributed by atoms with Gasteiger partial charge in [0.15, 0.2) is 11.5 Å². The van der Waals surface area contributed by atoms with Crippen LogP contribution in [0.1, 0.15) is 5.56 Å². The minimum absolute atomic E-state index is 0.264. The van der Waals surface area contributed by atoms with Crippen LogP contribution in [0.3, 0.4) is 0 Å². The number of halogens is 3. The van der Waals surface area contributed by atoms with Gasteiger partial charge in [0.2, 0.25) is 0 Å². The molecule has 0 fully saturated rings. The highest BCUT2D eigenvalue weighted by Gasteiger charge is 2.36. The van der Waals surface area contributed by atoms with Crippen molar-refractivity contribution in [3.63, 3.8) is 0 Å². The van der Waals surface area contributed by atoms with Crippen molar-refractivity contribution in [1.29, 1.82) is 0 Å². The topological polar surface area (TPSA) is 44.5 Å². The van der Waals surface area contributed by atoms with Crippen molar-refractivity contribution in [1.82, 2.24) is 0 Å². The Hall–Kier alpha value is -1.43. The summed E-state index contributed by atoms with van der Waals surface area (Å²) in [4.78, 5) is 0. The molecule has 0 saturated carbocycles. The highest BCUT2D eigenvalue weighted by molar-refractivity contribution is 5.44. The molecule has 0 aromatic heterocycles. The van der Waals surface area contributed by atoms with Gasteiger partial charge in [-0.2, -0.15) is 13.2 Å². The molecule has 17 heavy (non-hydrogen) atoms. The van der Waals surface area contributed by atoms with E-state index >= 15 is 0 Å². The molecule has 6 heteroatoms. The second-order valence-electron chi connectivity index (χ2n) is 3.83. The first-order valence-corrected chi connectivity index (χ1v) is 5.17. The van der Waals surface area contributed by atoms with E-state index in [0.29, 0.717) is 30.3 Å². The quantitative estimate of drug-likeness (QED) is 0.868. The summed E-state index contributed by atoms with van der Waals surface area (Å²) in [5, 5.41) is 0. The predicted molar refractivity (Wildman–Crippen MR) is 55.2 cm³/mol. The standard InChI is InChI=1S/C11H12F3NO2/c12-11(13,14)10(15)6-7-1-2-8-9(5-7)17-4-3-16-8/h1-2,5,10H,3-4,6,15H2. The maximum Gasteiger partial charge on any atom is 0.403 e. The van der Waals surface area contributed by atoms with Gasteiger partial charge in [-0.25, -0.2) is 0 Å². The number of alkyl halides is 3. The molecular formula is C11H12F3NO2. The number of ether oxygens (including phenoxy) is 2. The first-order chi connectivity index (χ1) is 7.97. The molecule has 3 nitrogen and oxygen atoms in total. The summed E-state index contributed by atoms with van der Waals surface area (Å²) >= 11 is 0. The maximum absolute atomic E-state index is 12.3. The van der Waals surface area contributed by atoms with Gasteiger partial charge in [0, 0.05) is 0 Å². The van der Waals surface area contributed by atoms with Gasteiger partial charge in [-0.15, -0.1) is 0 Å². The fourth-order valence-electron chi connectivity index (χ4n) is 1.58. The molecule has 1 atom stereocenters. The van der Waals surface area contributed by atoms with Crippen molar-refractivity contribution >= 4 is 0 Å². The Labute approximate surface area is 96.3 Å². The molecule has 1 unspecified atom stereocenters. The van der Waals surface area contributed by atoms with Crippen LogP contribution in [0.2, 0.25) is 0 Å². The Balaban J connectivity index is 2.12. The van der Waals surface area contributed by atoms with Crippen molar-refractivity contribution < 1.29 is 22.6 Å². The first-order valence-electron chi connectivity index (χ1n) is 5.17. The SMILES string of the molecule is NC(Cc1ccc2c(c1)OCCO2)C(F)(F)F. The molecule has 94 valence electrons. The van der Waals surface area contributed by atoms with Crippen LogP contribution in [0.4, 0.5) is 13.2 Å². The Kier molecular flexibility index (Phi) is 3.15. The fourth-order valence-corrected chi connectivity index (χ4v) is 1.58. The zero-order chi connectivity index (χ0) is 12.5. The molecule has 1 aromatic carbocycles. The summed E-state index contributed by atoms with van der Waals surface area (Å²) in [5.74, 6) is 1.03. The highest BCUT2D eigenvalue weighted by atomic mass is 19.4. The largest absolute Gasteiger partial charge is 0.486 e. The van der Waals surface area contributed by atoms with E-state index in [1.54, 1.807) is 18.2 Å². The van der Waals surface area contributed by atoms with Crippen LogP contribution in [0, 0.1) is 0 Å². The minimum atomic E-state index is -4.38. The summed E-state index contributed by atoms with van der Waals surface area (Å²) in [5.41, 5.74) is 5.55. The smallest absolute Gasteiger partial charge is 0.403 e. The number of benzene rings is 1. The third-order valence-corrected chi connectivity index (χ3v) is 2.48. The minimum Gasteiger partial charge on any atom is -0.486 e. The van der Waals surface area contributed by atoms with E-state index in [0.717, 1.165) is 0 Å². The van der Waals surface area contributed by atoms with Crippen LogP contribution in [0.25, 0.3) is 0 Å². The van der Waals surface area contributed by atoms with Crippen LogP contribution in [-0.2, 0) is 6.42 Å².